The van der Waals surface area contributed by atoms with Crippen LogP contribution < -0.4 is 21.1 Å². The molecule has 0 heterocycles. The fourth-order valence-electron chi connectivity index (χ4n) is 1.58. The number of hydrogen-bond donors (Lipinski definition) is 3. The number of nitrogens with two attached hydrogens (primary N) is 1. The summed E-state index contributed by atoms with van der Waals surface area (Å²) in [4.78, 5) is 22.2. The first kappa shape index (κ1) is 17.8. The Morgan fingerprint density at radius 2 is 1.82 bits per heavy atom. The third-order valence-electron chi connectivity index (χ3n) is 2.55. The molecule has 0 unspecified atom stereocenters. The number of ether oxygens (including phenoxy) is 1. The predicted octanol–water partition coefficient (Wildman–Crippen LogP) is 0.319. The van der Waals surface area contributed by atoms with E-state index in [4.69, 9.17) is 5.73 Å². The summed E-state index contributed by atoms with van der Waals surface area (Å²) in [6, 6.07) is 5.67. The first-order valence-corrected chi connectivity index (χ1v) is 6.39. The summed E-state index contributed by atoms with van der Waals surface area (Å²) in [5, 5.41) is 4.74. The van der Waals surface area contributed by atoms with Gasteiger partial charge in [0.2, 0.25) is 11.8 Å². The number of amides is 2. The maximum Gasteiger partial charge on any atom is 0.573 e. The zero-order chi connectivity index (χ0) is 16.6. The van der Waals surface area contributed by atoms with E-state index in [1.54, 1.807) is 6.07 Å². The Labute approximate surface area is 124 Å². The minimum Gasteiger partial charge on any atom is -0.406 e. The van der Waals surface area contributed by atoms with Crippen molar-refractivity contribution < 1.29 is 27.5 Å². The summed E-state index contributed by atoms with van der Waals surface area (Å²) in [5.41, 5.74) is 5.36. The zero-order valence-electron chi connectivity index (χ0n) is 11.6. The van der Waals surface area contributed by atoms with Gasteiger partial charge >= 0.3 is 6.36 Å². The van der Waals surface area contributed by atoms with E-state index in [9.17, 15) is 22.8 Å². The van der Waals surface area contributed by atoms with Crippen LogP contribution in [-0.2, 0) is 16.0 Å². The number of nitrogens with one attached hydrogen (secondary N) is 2. The summed E-state index contributed by atoms with van der Waals surface area (Å²) >= 11 is 0. The molecule has 0 atom stereocenters. The number of para-hydroxylation sites is 1. The summed E-state index contributed by atoms with van der Waals surface area (Å²) < 4.78 is 40.6. The summed E-state index contributed by atoms with van der Waals surface area (Å²) in [7, 11) is 0. The van der Waals surface area contributed by atoms with Gasteiger partial charge in [-0.15, -0.1) is 13.2 Å². The van der Waals surface area contributed by atoms with E-state index in [0.717, 1.165) is 0 Å². The molecule has 0 saturated heterocycles. The number of hydrogen-bond acceptors (Lipinski definition) is 4. The fourth-order valence-corrected chi connectivity index (χ4v) is 1.58. The Morgan fingerprint density at radius 1 is 1.14 bits per heavy atom. The lowest BCUT2D eigenvalue weighted by Gasteiger charge is -2.13. The van der Waals surface area contributed by atoms with Crippen molar-refractivity contribution in [2.24, 2.45) is 5.73 Å². The molecule has 0 aliphatic rings. The van der Waals surface area contributed by atoms with Crippen molar-refractivity contribution >= 4 is 11.8 Å². The molecular weight excluding hydrogens is 303 g/mol. The van der Waals surface area contributed by atoms with Crippen LogP contribution in [0.3, 0.4) is 0 Å². The number of benzene rings is 1. The molecule has 9 heteroatoms. The van der Waals surface area contributed by atoms with Gasteiger partial charge in [-0.25, -0.2) is 0 Å². The second-order valence-electron chi connectivity index (χ2n) is 4.24. The molecule has 1 aromatic rings. The lowest BCUT2D eigenvalue weighted by Crippen LogP contribution is -2.40. The highest BCUT2D eigenvalue weighted by Crippen LogP contribution is 2.26. The average Bonchev–Trinajstić information content (AvgIpc) is 2.45. The molecule has 0 radical (unpaired) electrons. The number of carbonyl (C=O) groups excluding carboxylic acids is 2. The van der Waals surface area contributed by atoms with Crippen LogP contribution in [0.1, 0.15) is 5.56 Å². The van der Waals surface area contributed by atoms with E-state index in [0.29, 0.717) is 5.56 Å². The van der Waals surface area contributed by atoms with Gasteiger partial charge in [0, 0.05) is 6.54 Å². The van der Waals surface area contributed by atoms with Gasteiger partial charge in [0.25, 0.3) is 0 Å². The highest BCUT2D eigenvalue weighted by Gasteiger charge is 2.31. The van der Waals surface area contributed by atoms with Crippen molar-refractivity contribution in [3.8, 4) is 5.75 Å². The molecule has 122 valence electrons. The predicted molar refractivity (Wildman–Crippen MR) is 71.9 cm³/mol. The molecule has 1 rings (SSSR count). The van der Waals surface area contributed by atoms with Gasteiger partial charge in [0.05, 0.1) is 13.1 Å². The van der Waals surface area contributed by atoms with Crippen LogP contribution in [0.2, 0.25) is 0 Å². The molecule has 1 aromatic carbocycles. The Bertz CT molecular complexity index is 521. The Hall–Kier alpha value is -2.29. The topological polar surface area (TPSA) is 93.5 Å². The number of alkyl halides is 3. The standard InChI is InChI=1S/C13H16F3N3O3/c14-13(15,16)22-10-4-2-1-3-9(10)5-6-18-12(21)8-19-11(20)7-17/h1-4H,5-8,17H2,(H,18,21)(H,19,20). The monoisotopic (exact) mass is 319 g/mol. The van der Waals surface area contributed by atoms with E-state index in [2.05, 4.69) is 15.4 Å². The van der Waals surface area contributed by atoms with Crippen molar-refractivity contribution in [2.75, 3.05) is 19.6 Å². The lowest BCUT2D eigenvalue weighted by atomic mass is 10.1. The van der Waals surface area contributed by atoms with E-state index in [1.165, 1.54) is 18.2 Å². The molecule has 0 fully saturated rings. The summed E-state index contributed by atoms with van der Waals surface area (Å²) in [5.74, 6) is -1.24. The Kier molecular flexibility index (Phi) is 6.64. The average molecular weight is 319 g/mol. The van der Waals surface area contributed by atoms with Gasteiger partial charge in [-0.05, 0) is 18.1 Å². The van der Waals surface area contributed by atoms with E-state index >= 15 is 0 Å². The summed E-state index contributed by atoms with van der Waals surface area (Å²) in [6.45, 7) is -0.359. The minimum absolute atomic E-state index is 0.107. The molecule has 0 spiro atoms. The molecule has 0 aromatic heterocycles. The van der Waals surface area contributed by atoms with Gasteiger partial charge in [0.1, 0.15) is 5.75 Å². The minimum atomic E-state index is -4.77. The number of halogens is 3. The fraction of sp³-hybridized carbons (Fsp3) is 0.385. The van der Waals surface area contributed by atoms with Crippen LogP contribution in [0.25, 0.3) is 0 Å². The molecular formula is C13H16F3N3O3. The van der Waals surface area contributed by atoms with Gasteiger partial charge in [0.15, 0.2) is 0 Å². The van der Waals surface area contributed by atoms with Crippen LogP contribution in [0.4, 0.5) is 13.2 Å². The second-order valence-corrected chi connectivity index (χ2v) is 4.24. The molecule has 0 bridgehead atoms. The number of rotatable bonds is 7. The largest absolute Gasteiger partial charge is 0.573 e. The van der Waals surface area contributed by atoms with Gasteiger partial charge in [-0.3, -0.25) is 9.59 Å². The van der Waals surface area contributed by atoms with E-state index in [-0.39, 0.29) is 31.8 Å². The Balaban J connectivity index is 2.45. The smallest absolute Gasteiger partial charge is 0.406 e. The number of carbonyl (C=O) groups is 2. The second kappa shape index (κ2) is 8.23. The van der Waals surface area contributed by atoms with Crippen LogP contribution in [0, 0.1) is 0 Å². The van der Waals surface area contributed by atoms with E-state index < -0.39 is 18.2 Å². The third kappa shape index (κ3) is 6.93. The molecule has 0 saturated carbocycles. The highest BCUT2D eigenvalue weighted by molar-refractivity contribution is 5.85. The molecule has 22 heavy (non-hydrogen) atoms. The van der Waals surface area contributed by atoms with E-state index in [1.807, 2.05) is 0 Å². The maximum absolute atomic E-state index is 12.2. The first-order valence-electron chi connectivity index (χ1n) is 6.39. The van der Waals surface area contributed by atoms with Crippen molar-refractivity contribution in [1.82, 2.24) is 10.6 Å². The maximum atomic E-state index is 12.2. The van der Waals surface area contributed by atoms with Crippen molar-refractivity contribution in [1.29, 1.82) is 0 Å². The molecule has 0 aliphatic carbocycles. The van der Waals surface area contributed by atoms with Crippen molar-refractivity contribution in [3.63, 3.8) is 0 Å². The molecule has 2 amide bonds. The van der Waals surface area contributed by atoms with Crippen molar-refractivity contribution in [2.45, 2.75) is 12.8 Å². The quantitative estimate of drug-likeness (QED) is 0.675. The Morgan fingerprint density at radius 3 is 2.45 bits per heavy atom. The third-order valence-corrected chi connectivity index (χ3v) is 2.55. The zero-order valence-corrected chi connectivity index (χ0v) is 11.6. The molecule has 4 N–H and O–H groups in total. The van der Waals surface area contributed by atoms with Crippen LogP contribution in [0.15, 0.2) is 24.3 Å². The summed E-state index contributed by atoms with van der Waals surface area (Å²) in [6.07, 6.45) is -4.62. The van der Waals surface area contributed by atoms with Gasteiger partial charge < -0.3 is 21.1 Å². The van der Waals surface area contributed by atoms with Crippen LogP contribution in [0.5, 0.6) is 5.75 Å². The SMILES string of the molecule is NCC(=O)NCC(=O)NCCc1ccccc1OC(F)(F)F. The molecule has 0 aliphatic heterocycles. The lowest BCUT2D eigenvalue weighted by molar-refractivity contribution is -0.274. The molecule has 6 nitrogen and oxygen atoms in total. The van der Waals surface area contributed by atoms with Crippen LogP contribution in [-0.4, -0.2) is 37.8 Å². The van der Waals surface area contributed by atoms with Crippen molar-refractivity contribution in [3.05, 3.63) is 29.8 Å². The van der Waals surface area contributed by atoms with Gasteiger partial charge in [-0.1, -0.05) is 18.2 Å². The first-order chi connectivity index (χ1) is 10.3. The highest BCUT2D eigenvalue weighted by atomic mass is 19.4. The van der Waals surface area contributed by atoms with Crippen LogP contribution >= 0.6 is 0 Å². The normalized spacial score (nSPS) is 10.9. The van der Waals surface area contributed by atoms with Gasteiger partial charge in [-0.2, -0.15) is 0 Å².